The Kier molecular flexibility index (Phi) is 5.93. The summed E-state index contributed by atoms with van der Waals surface area (Å²) in [7, 11) is 1.90. The van der Waals surface area contributed by atoms with Crippen LogP contribution in [0.4, 0.5) is 0 Å². The van der Waals surface area contributed by atoms with Gasteiger partial charge in [0.25, 0.3) is 0 Å². The van der Waals surface area contributed by atoms with Crippen molar-refractivity contribution in [1.29, 1.82) is 0 Å². The summed E-state index contributed by atoms with van der Waals surface area (Å²) in [5.74, 6) is 0.274. The van der Waals surface area contributed by atoms with E-state index in [0.29, 0.717) is 13.0 Å². The summed E-state index contributed by atoms with van der Waals surface area (Å²) >= 11 is 5.92. The molecule has 0 spiro atoms. The van der Waals surface area contributed by atoms with Gasteiger partial charge in [-0.05, 0) is 31.3 Å². The van der Waals surface area contributed by atoms with Crippen molar-refractivity contribution in [2.75, 3.05) is 13.1 Å². The molecule has 136 valence electrons. The van der Waals surface area contributed by atoms with E-state index in [1.165, 1.54) is 0 Å². The molecule has 2 N–H and O–H groups in total. The predicted octanol–water partition coefficient (Wildman–Crippen LogP) is 1.56. The van der Waals surface area contributed by atoms with Crippen LogP contribution in [-0.4, -0.2) is 50.8 Å². The van der Waals surface area contributed by atoms with Gasteiger partial charge in [0.2, 0.25) is 5.91 Å². The van der Waals surface area contributed by atoms with Crippen LogP contribution >= 0.6 is 11.6 Å². The Morgan fingerprint density at radius 2 is 2.40 bits per heavy atom. The minimum absolute atomic E-state index is 0.00407. The summed E-state index contributed by atoms with van der Waals surface area (Å²) in [5.41, 5.74) is 0.953. The SMILES string of the molecule is Cn1cncc1CC(O)N1CCC[C@H]1C(=O)NCC1C=CC(Cl)=CC1. The second-order valence-electron chi connectivity index (χ2n) is 6.77. The Balaban J connectivity index is 1.52. The highest BCUT2D eigenvalue weighted by Gasteiger charge is 2.35. The predicted molar refractivity (Wildman–Crippen MR) is 96.8 cm³/mol. The fourth-order valence-corrected chi connectivity index (χ4v) is 3.61. The van der Waals surface area contributed by atoms with Crippen LogP contribution in [0, 0.1) is 5.92 Å². The van der Waals surface area contributed by atoms with Gasteiger partial charge < -0.3 is 15.0 Å². The van der Waals surface area contributed by atoms with E-state index in [1.54, 1.807) is 12.5 Å². The number of nitrogens with one attached hydrogen (secondary N) is 1. The van der Waals surface area contributed by atoms with Gasteiger partial charge in [-0.2, -0.15) is 0 Å². The summed E-state index contributed by atoms with van der Waals surface area (Å²) < 4.78 is 1.89. The van der Waals surface area contributed by atoms with Gasteiger partial charge in [-0.3, -0.25) is 9.69 Å². The number of hydrogen-bond acceptors (Lipinski definition) is 4. The number of aliphatic hydroxyl groups is 1. The second kappa shape index (κ2) is 8.17. The van der Waals surface area contributed by atoms with Crippen molar-refractivity contribution in [2.45, 2.75) is 38.0 Å². The van der Waals surface area contributed by atoms with Crippen molar-refractivity contribution in [3.05, 3.63) is 41.5 Å². The zero-order valence-corrected chi connectivity index (χ0v) is 15.2. The number of aliphatic hydroxyl groups excluding tert-OH is 1. The largest absolute Gasteiger partial charge is 0.378 e. The standard InChI is InChI=1S/C18H25ClN4O2/c1-22-12-20-11-15(22)9-17(24)23-8-2-3-16(23)18(25)21-10-13-4-6-14(19)7-5-13/h4,6-7,11-13,16-17,24H,2-3,5,8-10H2,1H3,(H,21,25)/t13?,16-,17?/m0/s1. The summed E-state index contributed by atoms with van der Waals surface area (Å²) in [4.78, 5) is 18.6. The minimum Gasteiger partial charge on any atom is -0.378 e. The van der Waals surface area contributed by atoms with Crippen molar-refractivity contribution >= 4 is 17.5 Å². The van der Waals surface area contributed by atoms with Gasteiger partial charge in [0.1, 0.15) is 6.23 Å². The Morgan fingerprint density at radius 3 is 3.08 bits per heavy atom. The molecule has 1 amide bonds. The number of carbonyl (C=O) groups is 1. The molecule has 1 aliphatic carbocycles. The summed E-state index contributed by atoms with van der Waals surface area (Å²) in [6.07, 6.45) is 11.7. The smallest absolute Gasteiger partial charge is 0.237 e. The molecule has 25 heavy (non-hydrogen) atoms. The molecule has 7 heteroatoms. The maximum Gasteiger partial charge on any atom is 0.237 e. The molecule has 3 rings (SSSR count). The van der Waals surface area contributed by atoms with E-state index in [0.717, 1.165) is 36.5 Å². The van der Waals surface area contributed by atoms with Crippen LogP contribution in [0.3, 0.4) is 0 Å². The summed E-state index contributed by atoms with van der Waals surface area (Å²) in [6, 6.07) is -0.269. The van der Waals surface area contributed by atoms with E-state index in [4.69, 9.17) is 11.6 Å². The molecule has 0 saturated carbocycles. The van der Waals surface area contributed by atoms with E-state index >= 15 is 0 Å². The van der Waals surface area contributed by atoms with Gasteiger partial charge >= 0.3 is 0 Å². The molecule has 0 bridgehead atoms. The first-order valence-corrected chi connectivity index (χ1v) is 9.13. The monoisotopic (exact) mass is 364 g/mol. The average Bonchev–Trinajstić information content (AvgIpc) is 3.24. The number of hydrogen-bond donors (Lipinski definition) is 2. The van der Waals surface area contributed by atoms with Crippen molar-refractivity contribution in [3.8, 4) is 0 Å². The number of amides is 1. The number of aromatic nitrogens is 2. The molecule has 1 aliphatic heterocycles. The maximum absolute atomic E-state index is 12.6. The molecule has 1 aromatic rings. The Labute approximate surface area is 153 Å². The lowest BCUT2D eigenvalue weighted by Crippen LogP contribution is -2.49. The molecule has 1 saturated heterocycles. The van der Waals surface area contributed by atoms with Gasteiger partial charge in [-0.15, -0.1) is 0 Å². The van der Waals surface area contributed by atoms with Crippen molar-refractivity contribution in [1.82, 2.24) is 19.8 Å². The third-order valence-corrected chi connectivity index (χ3v) is 5.25. The number of allylic oxidation sites excluding steroid dienone is 3. The Bertz CT molecular complexity index is 670. The van der Waals surface area contributed by atoms with E-state index in [9.17, 15) is 9.90 Å². The molecule has 3 atom stereocenters. The maximum atomic E-state index is 12.6. The van der Waals surface area contributed by atoms with E-state index in [1.807, 2.05) is 34.7 Å². The molecule has 1 fully saturated rings. The van der Waals surface area contributed by atoms with Crippen LogP contribution in [0.15, 0.2) is 35.8 Å². The second-order valence-corrected chi connectivity index (χ2v) is 7.20. The van der Waals surface area contributed by atoms with E-state index < -0.39 is 6.23 Å². The number of halogens is 1. The van der Waals surface area contributed by atoms with Crippen molar-refractivity contribution in [3.63, 3.8) is 0 Å². The number of aryl methyl sites for hydroxylation is 1. The normalized spacial score (nSPS) is 25.0. The molecular formula is C18H25ClN4O2. The third kappa shape index (κ3) is 4.51. The lowest BCUT2D eigenvalue weighted by atomic mass is 10.0. The lowest BCUT2D eigenvalue weighted by Gasteiger charge is -2.29. The van der Waals surface area contributed by atoms with Crippen molar-refractivity contribution < 1.29 is 9.90 Å². The van der Waals surface area contributed by atoms with Crippen LogP contribution < -0.4 is 5.32 Å². The van der Waals surface area contributed by atoms with Crippen molar-refractivity contribution in [2.24, 2.45) is 13.0 Å². The average molecular weight is 365 g/mol. The first-order valence-electron chi connectivity index (χ1n) is 8.75. The molecule has 1 aromatic heterocycles. The van der Waals surface area contributed by atoms with Crippen LogP contribution in [0.1, 0.15) is 25.0 Å². The quantitative estimate of drug-likeness (QED) is 0.803. The number of carbonyl (C=O) groups excluding carboxylic acids is 1. The van der Waals surface area contributed by atoms with Gasteiger partial charge in [0.05, 0.1) is 12.4 Å². The van der Waals surface area contributed by atoms with Gasteiger partial charge in [0, 0.05) is 43.5 Å². The number of nitrogens with zero attached hydrogens (tertiary/aromatic N) is 3. The zero-order valence-electron chi connectivity index (χ0n) is 14.4. The van der Waals surface area contributed by atoms with Crippen LogP contribution in [0.2, 0.25) is 0 Å². The molecule has 6 nitrogen and oxygen atoms in total. The first-order chi connectivity index (χ1) is 12.0. The van der Waals surface area contributed by atoms with Gasteiger partial charge in [0.15, 0.2) is 0 Å². The molecule has 0 radical (unpaired) electrons. The number of rotatable bonds is 6. The molecule has 2 unspecified atom stereocenters. The Hall–Kier alpha value is -1.63. The van der Waals surface area contributed by atoms with E-state index in [-0.39, 0.29) is 17.9 Å². The Morgan fingerprint density at radius 1 is 1.56 bits per heavy atom. The molecule has 0 aromatic carbocycles. The minimum atomic E-state index is -0.676. The lowest BCUT2D eigenvalue weighted by molar-refractivity contribution is -0.129. The topological polar surface area (TPSA) is 70.4 Å². The van der Waals surface area contributed by atoms with Crippen LogP contribution in [-0.2, 0) is 18.3 Å². The molecule has 2 aliphatic rings. The van der Waals surface area contributed by atoms with E-state index in [2.05, 4.69) is 10.3 Å². The molecular weight excluding hydrogens is 340 g/mol. The fourth-order valence-electron chi connectivity index (χ4n) is 3.45. The molecule has 2 heterocycles. The third-order valence-electron chi connectivity index (χ3n) is 4.97. The van der Waals surface area contributed by atoms with Gasteiger partial charge in [-0.1, -0.05) is 23.8 Å². The highest BCUT2D eigenvalue weighted by molar-refractivity contribution is 6.31. The first kappa shape index (κ1) is 18.2. The highest BCUT2D eigenvalue weighted by atomic mass is 35.5. The fraction of sp³-hybridized carbons (Fsp3) is 0.556. The summed E-state index contributed by atoms with van der Waals surface area (Å²) in [5, 5.41) is 14.4. The van der Waals surface area contributed by atoms with Crippen LogP contribution in [0.5, 0.6) is 0 Å². The zero-order chi connectivity index (χ0) is 17.8. The number of likely N-dealkylation sites (tertiary alicyclic amines) is 1. The highest BCUT2D eigenvalue weighted by Crippen LogP contribution is 2.22. The van der Waals surface area contributed by atoms with Crippen LogP contribution in [0.25, 0.3) is 0 Å². The number of imidazole rings is 1. The summed E-state index contributed by atoms with van der Waals surface area (Å²) in [6.45, 7) is 1.33. The van der Waals surface area contributed by atoms with Gasteiger partial charge in [-0.25, -0.2) is 4.98 Å².